The van der Waals surface area contributed by atoms with E-state index in [4.69, 9.17) is 10.2 Å². The quantitative estimate of drug-likeness (QED) is 0.337. The van der Waals surface area contributed by atoms with Gasteiger partial charge < -0.3 is 20.8 Å². The molecule has 0 saturated carbocycles. The van der Waals surface area contributed by atoms with Crippen LogP contribution >= 0.6 is 0 Å². The van der Waals surface area contributed by atoms with Crippen molar-refractivity contribution in [3.63, 3.8) is 0 Å². The van der Waals surface area contributed by atoms with Gasteiger partial charge in [-0.25, -0.2) is 9.97 Å². The summed E-state index contributed by atoms with van der Waals surface area (Å²) in [7, 11) is 1.91. The zero-order valence-corrected chi connectivity index (χ0v) is 19.2. The third-order valence-electron chi connectivity index (χ3n) is 5.24. The SMILES string of the molecule is CNCCNc1ccc(-c2nnc(-c3nc(-c4ccnc(C(C)(C)C#N)c4)cnc3N)o2)cc1. The number of pyridine rings is 1. The zero-order valence-electron chi connectivity index (χ0n) is 19.2. The summed E-state index contributed by atoms with van der Waals surface area (Å²) in [5.41, 5.74) is 9.35. The van der Waals surface area contributed by atoms with Crippen molar-refractivity contribution < 1.29 is 4.42 Å². The summed E-state index contributed by atoms with van der Waals surface area (Å²) in [6.45, 7) is 5.31. The van der Waals surface area contributed by atoms with Gasteiger partial charge in [0.2, 0.25) is 5.89 Å². The van der Waals surface area contributed by atoms with Gasteiger partial charge in [-0.05, 0) is 57.3 Å². The average Bonchev–Trinajstić information content (AvgIpc) is 3.35. The van der Waals surface area contributed by atoms with Crippen molar-refractivity contribution in [2.24, 2.45) is 0 Å². The number of nitriles is 1. The number of nitrogen functional groups attached to an aromatic ring is 1. The molecular weight excluding hydrogens is 430 g/mol. The third kappa shape index (κ3) is 4.84. The van der Waals surface area contributed by atoms with Crippen LogP contribution in [-0.4, -0.2) is 45.3 Å². The van der Waals surface area contributed by atoms with Crippen LogP contribution in [0, 0.1) is 11.3 Å². The van der Waals surface area contributed by atoms with Gasteiger partial charge >= 0.3 is 0 Å². The third-order valence-corrected chi connectivity index (χ3v) is 5.24. The second kappa shape index (κ2) is 9.64. The summed E-state index contributed by atoms with van der Waals surface area (Å²) in [6, 6.07) is 13.6. The smallest absolute Gasteiger partial charge is 0.270 e. The second-order valence-electron chi connectivity index (χ2n) is 8.18. The zero-order chi connectivity index (χ0) is 24.1. The van der Waals surface area contributed by atoms with Gasteiger partial charge in [0.1, 0.15) is 0 Å². The Balaban J connectivity index is 1.61. The highest BCUT2D eigenvalue weighted by Crippen LogP contribution is 2.29. The molecule has 0 saturated heterocycles. The van der Waals surface area contributed by atoms with E-state index in [0.717, 1.165) is 29.9 Å². The van der Waals surface area contributed by atoms with Gasteiger partial charge in [-0.1, -0.05) is 0 Å². The first-order valence-electron chi connectivity index (χ1n) is 10.7. The van der Waals surface area contributed by atoms with Gasteiger partial charge in [0.15, 0.2) is 11.5 Å². The molecule has 0 atom stereocenters. The summed E-state index contributed by atoms with van der Waals surface area (Å²) >= 11 is 0. The van der Waals surface area contributed by atoms with Crippen molar-refractivity contribution in [3.05, 3.63) is 54.5 Å². The fourth-order valence-electron chi connectivity index (χ4n) is 3.18. The van der Waals surface area contributed by atoms with Crippen LogP contribution in [0.25, 0.3) is 34.3 Å². The van der Waals surface area contributed by atoms with Gasteiger partial charge in [-0.2, -0.15) is 5.26 Å². The number of hydrogen-bond acceptors (Lipinski definition) is 10. The second-order valence-corrected chi connectivity index (χ2v) is 8.18. The number of likely N-dealkylation sites (N-methyl/N-ethyl adjacent to an activating group) is 1. The van der Waals surface area contributed by atoms with E-state index in [9.17, 15) is 5.26 Å². The van der Waals surface area contributed by atoms with Crippen LogP contribution in [0.5, 0.6) is 0 Å². The molecule has 0 aliphatic carbocycles. The molecule has 0 bridgehead atoms. The van der Waals surface area contributed by atoms with Crippen LogP contribution in [0.2, 0.25) is 0 Å². The molecule has 10 nitrogen and oxygen atoms in total. The molecular formula is C24H25N9O. The molecule has 4 N–H and O–H groups in total. The molecule has 4 rings (SSSR count). The van der Waals surface area contributed by atoms with E-state index in [1.807, 2.05) is 51.2 Å². The lowest BCUT2D eigenvalue weighted by Crippen LogP contribution is -2.17. The lowest BCUT2D eigenvalue weighted by molar-refractivity contribution is 0.582. The summed E-state index contributed by atoms with van der Waals surface area (Å²) < 4.78 is 5.87. The highest BCUT2D eigenvalue weighted by molar-refractivity contribution is 5.69. The maximum atomic E-state index is 9.43. The number of aromatic nitrogens is 5. The fourth-order valence-corrected chi connectivity index (χ4v) is 3.18. The molecule has 0 aliphatic heterocycles. The molecule has 0 amide bonds. The van der Waals surface area contributed by atoms with Gasteiger partial charge in [0, 0.05) is 36.1 Å². The van der Waals surface area contributed by atoms with Crippen LogP contribution in [0.3, 0.4) is 0 Å². The minimum absolute atomic E-state index is 0.171. The first-order chi connectivity index (χ1) is 16.4. The average molecular weight is 456 g/mol. The van der Waals surface area contributed by atoms with Gasteiger partial charge in [-0.3, -0.25) is 4.98 Å². The monoisotopic (exact) mass is 455 g/mol. The van der Waals surface area contributed by atoms with Crippen molar-refractivity contribution in [1.82, 2.24) is 30.5 Å². The van der Waals surface area contributed by atoms with E-state index in [1.54, 1.807) is 18.5 Å². The number of rotatable bonds is 8. The molecule has 0 spiro atoms. The molecule has 34 heavy (non-hydrogen) atoms. The molecule has 0 unspecified atom stereocenters. The van der Waals surface area contributed by atoms with Gasteiger partial charge in [-0.15, -0.1) is 10.2 Å². The summed E-state index contributed by atoms with van der Waals surface area (Å²) in [5, 5.41) is 24.1. The van der Waals surface area contributed by atoms with Gasteiger partial charge in [0.25, 0.3) is 5.89 Å². The molecule has 0 radical (unpaired) electrons. The largest absolute Gasteiger partial charge is 0.414 e. The van der Waals surface area contributed by atoms with Crippen LogP contribution in [0.1, 0.15) is 19.5 Å². The van der Waals surface area contributed by atoms with Crippen molar-refractivity contribution in [3.8, 4) is 40.4 Å². The van der Waals surface area contributed by atoms with Crippen LogP contribution < -0.4 is 16.4 Å². The highest BCUT2D eigenvalue weighted by Gasteiger charge is 2.22. The van der Waals surface area contributed by atoms with E-state index in [1.165, 1.54) is 0 Å². The van der Waals surface area contributed by atoms with Crippen molar-refractivity contribution in [2.45, 2.75) is 19.3 Å². The number of nitrogens with one attached hydrogen (secondary N) is 2. The Hall–Kier alpha value is -4.36. The van der Waals surface area contributed by atoms with Crippen molar-refractivity contribution >= 4 is 11.5 Å². The number of benzene rings is 1. The molecule has 1 aromatic carbocycles. The first-order valence-corrected chi connectivity index (χ1v) is 10.7. The molecule has 172 valence electrons. The Labute approximate surface area is 197 Å². The first kappa shape index (κ1) is 22.8. The summed E-state index contributed by atoms with van der Waals surface area (Å²) in [4.78, 5) is 13.2. The van der Waals surface area contributed by atoms with E-state index < -0.39 is 5.41 Å². The van der Waals surface area contributed by atoms with E-state index >= 15 is 0 Å². The number of nitrogens with two attached hydrogens (primary N) is 1. The standard InChI is InChI=1S/C24H25N9O/c1-24(2,14-25)19-12-16(8-9-29-19)18-13-30-21(26)20(31-18)23-33-32-22(34-23)15-4-6-17(7-5-15)28-11-10-27-3/h4-9,12-13,27-28H,10-11H2,1-3H3,(H2,26,30). The van der Waals surface area contributed by atoms with Crippen LogP contribution in [0.4, 0.5) is 11.5 Å². The number of anilines is 2. The maximum Gasteiger partial charge on any atom is 0.270 e. The number of nitrogens with zero attached hydrogens (tertiary/aromatic N) is 6. The molecule has 4 aromatic rings. The minimum atomic E-state index is -0.737. The summed E-state index contributed by atoms with van der Waals surface area (Å²) in [6.07, 6.45) is 3.21. The number of hydrogen-bond donors (Lipinski definition) is 3. The van der Waals surface area contributed by atoms with Crippen LogP contribution in [-0.2, 0) is 5.41 Å². The Morgan fingerprint density at radius 1 is 1.03 bits per heavy atom. The highest BCUT2D eigenvalue weighted by atomic mass is 16.4. The predicted molar refractivity (Wildman–Crippen MR) is 129 cm³/mol. The predicted octanol–water partition coefficient (Wildman–Crippen LogP) is 3.27. The summed E-state index contributed by atoms with van der Waals surface area (Å²) in [5.74, 6) is 0.699. The Bertz CT molecular complexity index is 1320. The lowest BCUT2D eigenvalue weighted by atomic mass is 9.90. The Morgan fingerprint density at radius 2 is 1.79 bits per heavy atom. The van der Waals surface area contributed by atoms with E-state index in [-0.39, 0.29) is 11.7 Å². The minimum Gasteiger partial charge on any atom is -0.414 e. The van der Waals surface area contributed by atoms with Gasteiger partial charge in [0.05, 0.1) is 29.1 Å². The maximum absolute atomic E-state index is 9.43. The molecule has 0 fully saturated rings. The Kier molecular flexibility index (Phi) is 6.47. The van der Waals surface area contributed by atoms with E-state index in [2.05, 4.69) is 41.9 Å². The molecule has 10 heteroatoms. The molecule has 3 aromatic heterocycles. The Morgan fingerprint density at radius 3 is 2.53 bits per heavy atom. The lowest BCUT2D eigenvalue weighted by Gasteiger charge is -2.15. The van der Waals surface area contributed by atoms with Crippen molar-refractivity contribution in [1.29, 1.82) is 5.26 Å². The molecule has 3 heterocycles. The van der Waals surface area contributed by atoms with E-state index in [0.29, 0.717) is 23.0 Å². The normalized spacial score (nSPS) is 11.2. The van der Waals surface area contributed by atoms with Crippen molar-refractivity contribution in [2.75, 3.05) is 31.2 Å². The van der Waals surface area contributed by atoms with Crippen LogP contribution in [0.15, 0.2) is 53.2 Å². The topological polar surface area (TPSA) is 151 Å². The molecule has 0 aliphatic rings. The fraction of sp³-hybridized carbons (Fsp3) is 0.250.